The van der Waals surface area contributed by atoms with Gasteiger partial charge >= 0.3 is 5.63 Å². The van der Waals surface area contributed by atoms with Gasteiger partial charge in [0.05, 0.1) is 6.10 Å². The third kappa shape index (κ3) is 4.96. The lowest BCUT2D eigenvalue weighted by Gasteiger charge is -2.11. The van der Waals surface area contributed by atoms with Gasteiger partial charge in [-0.15, -0.1) is 0 Å². The first-order chi connectivity index (χ1) is 13.9. The van der Waals surface area contributed by atoms with E-state index in [1.54, 1.807) is 36.4 Å². The van der Waals surface area contributed by atoms with Crippen molar-refractivity contribution in [1.29, 1.82) is 0 Å². The first kappa shape index (κ1) is 20.5. The van der Waals surface area contributed by atoms with Crippen LogP contribution in [0.1, 0.15) is 31.9 Å². The van der Waals surface area contributed by atoms with Crippen molar-refractivity contribution in [3.8, 4) is 11.5 Å². The van der Waals surface area contributed by atoms with Crippen LogP contribution < -0.4 is 20.4 Å². The number of hydrogen-bond acceptors (Lipinski definition) is 5. The summed E-state index contributed by atoms with van der Waals surface area (Å²) >= 11 is 0. The van der Waals surface area contributed by atoms with Crippen LogP contribution in [-0.4, -0.2) is 18.6 Å². The number of fused-ring (bicyclic) bond motifs is 1. The molecular formula is C23H25NO5. The second-order valence-electron chi connectivity index (χ2n) is 7.03. The number of nitrogens with one attached hydrogen (secondary N) is 1. The Kier molecular flexibility index (Phi) is 6.22. The Labute approximate surface area is 169 Å². The van der Waals surface area contributed by atoms with Crippen LogP contribution in [0.5, 0.6) is 11.5 Å². The Hall–Kier alpha value is -3.28. The van der Waals surface area contributed by atoms with Gasteiger partial charge in [0.1, 0.15) is 17.1 Å². The molecule has 0 aliphatic rings. The van der Waals surface area contributed by atoms with Crippen molar-refractivity contribution in [2.45, 2.75) is 40.2 Å². The maximum absolute atomic E-state index is 12.2. The number of carbonyl (C=O) groups is 1. The number of rotatable bonds is 7. The quantitative estimate of drug-likeness (QED) is 0.597. The number of benzene rings is 2. The molecule has 1 amide bonds. The highest BCUT2D eigenvalue weighted by atomic mass is 16.5. The second-order valence-corrected chi connectivity index (χ2v) is 7.03. The molecule has 0 atom stereocenters. The summed E-state index contributed by atoms with van der Waals surface area (Å²) in [6.07, 6.45) is 0.709. The van der Waals surface area contributed by atoms with Gasteiger partial charge in [-0.1, -0.05) is 6.92 Å². The van der Waals surface area contributed by atoms with E-state index in [4.69, 9.17) is 13.9 Å². The zero-order valence-corrected chi connectivity index (χ0v) is 17.1. The molecule has 0 bridgehead atoms. The maximum Gasteiger partial charge on any atom is 0.339 e. The average Bonchev–Trinajstić information content (AvgIpc) is 2.67. The number of amides is 1. The minimum absolute atomic E-state index is 0.0903. The minimum Gasteiger partial charge on any atom is -0.491 e. The van der Waals surface area contributed by atoms with E-state index >= 15 is 0 Å². The lowest BCUT2D eigenvalue weighted by molar-refractivity contribution is -0.118. The van der Waals surface area contributed by atoms with Crippen LogP contribution in [0.4, 0.5) is 5.69 Å². The summed E-state index contributed by atoms with van der Waals surface area (Å²) in [5.41, 5.74) is 2.35. The van der Waals surface area contributed by atoms with Crippen LogP contribution in [0, 0.1) is 6.92 Å². The summed E-state index contributed by atoms with van der Waals surface area (Å²) in [6, 6.07) is 12.4. The van der Waals surface area contributed by atoms with Crippen molar-refractivity contribution >= 4 is 22.6 Å². The van der Waals surface area contributed by atoms with E-state index in [1.165, 1.54) is 0 Å². The standard InChI is InChI=1S/C23H25NO5/c1-5-19-15(4)20-11-10-18(12-21(20)29-23(19)26)27-13-22(25)24-16-6-8-17(9-7-16)28-14(2)3/h6-12,14H,5,13H2,1-4H3,(H,24,25). The predicted molar refractivity (Wildman–Crippen MR) is 113 cm³/mol. The topological polar surface area (TPSA) is 77.8 Å². The van der Waals surface area contributed by atoms with Crippen molar-refractivity contribution in [2.75, 3.05) is 11.9 Å². The zero-order chi connectivity index (χ0) is 21.0. The summed E-state index contributed by atoms with van der Waals surface area (Å²) in [6.45, 7) is 7.58. The van der Waals surface area contributed by atoms with Crippen LogP contribution >= 0.6 is 0 Å². The molecule has 6 heteroatoms. The van der Waals surface area contributed by atoms with Crippen molar-refractivity contribution in [3.63, 3.8) is 0 Å². The summed E-state index contributed by atoms with van der Waals surface area (Å²) in [7, 11) is 0. The Bertz CT molecular complexity index is 1070. The number of carbonyl (C=O) groups excluding carboxylic acids is 1. The van der Waals surface area contributed by atoms with Crippen LogP contribution in [0.2, 0.25) is 0 Å². The maximum atomic E-state index is 12.2. The predicted octanol–water partition coefficient (Wildman–Crippen LogP) is 4.47. The van der Waals surface area contributed by atoms with E-state index in [9.17, 15) is 9.59 Å². The summed E-state index contributed by atoms with van der Waals surface area (Å²) in [5.74, 6) is 0.912. The third-order valence-corrected chi connectivity index (χ3v) is 4.49. The molecule has 1 aromatic heterocycles. The minimum atomic E-state index is -0.336. The first-order valence-electron chi connectivity index (χ1n) is 9.63. The highest BCUT2D eigenvalue weighted by Gasteiger charge is 2.11. The fourth-order valence-electron chi connectivity index (χ4n) is 3.11. The summed E-state index contributed by atoms with van der Waals surface area (Å²) < 4.78 is 16.5. The SMILES string of the molecule is CCc1c(C)c2ccc(OCC(=O)Nc3ccc(OC(C)C)cc3)cc2oc1=O. The zero-order valence-electron chi connectivity index (χ0n) is 17.1. The molecule has 0 aliphatic carbocycles. The monoisotopic (exact) mass is 395 g/mol. The summed E-state index contributed by atoms with van der Waals surface area (Å²) in [4.78, 5) is 24.2. The van der Waals surface area contributed by atoms with Gasteiger partial charge in [0.15, 0.2) is 6.61 Å². The molecule has 3 aromatic rings. The van der Waals surface area contributed by atoms with E-state index in [1.807, 2.05) is 33.8 Å². The molecule has 0 spiro atoms. The molecule has 0 radical (unpaired) electrons. The molecule has 0 aliphatic heterocycles. The van der Waals surface area contributed by atoms with E-state index in [2.05, 4.69) is 5.32 Å². The van der Waals surface area contributed by atoms with Gasteiger partial charge in [-0.25, -0.2) is 4.79 Å². The van der Waals surface area contributed by atoms with Crippen LogP contribution in [0.25, 0.3) is 11.0 Å². The highest BCUT2D eigenvalue weighted by molar-refractivity contribution is 5.92. The fraction of sp³-hybridized carbons (Fsp3) is 0.304. The Morgan fingerprint density at radius 2 is 1.79 bits per heavy atom. The molecule has 0 unspecified atom stereocenters. The lowest BCUT2D eigenvalue weighted by Crippen LogP contribution is -2.20. The molecular weight excluding hydrogens is 370 g/mol. The molecule has 3 rings (SSSR count). The number of anilines is 1. The Morgan fingerprint density at radius 1 is 1.10 bits per heavy atom. The molecule has 29 heavy (non-hydrogen) atoms. The Morgan fingerprint density at radius 3 is 2.45 bits per heavy atom. The average molecular weight is 395 g/mol. The molecule has 152 valence electrons. The molecule has 0 fully saturated rings. The third-order valence-electron chi connectivity index (χ3n) is 4.49. The normalized spacial score (nSPS) is 10.9. The van der Waals surface area contributed by atoms with Crippen molar-refractivity contribution < 1.29 is 18.7 Å². The lowest BCUT2D eigenvalue weighted by atomic mass is 10.0. The van der Waals surface area contributed by atoms with E-state index in [0.29, 0.717) is 29.0 Å². The van der Waals surface area contributed by atoms with Crippen LogP contribution in [-0.2, 0) is 11.2 Å². The Balaban J connectivity index is 1.64. The van der Waals surface area contributed by atoms with Crippen LogP contribution in [0.3, 0.4) is 0 Å². The fourth-order valence-corrected chi connectivity index (χ4v) is 3.11. The van der Waals surface area contributed by atoms with Crippen molar-refractivity contribution in [1.82, 2.24) is 0 Å². The van der Waals surface area contributed by atoms with Gasteiger partial charge in [-0.05, 0) is 69.2 Å². The summed E-state index contributed by atoms with van der Waals surface area (Å²) in [5, 5.41) is 3.63. The van der Waals surface area contributed by atoms with Gasteiger partial charge < -0.3 is 19.2 Å². The van der Waals surface area contributed by atoms with Crippen molar-refractivity contribution in [2.24, 2.45) is 0 Å². The number of aryl methyl sites for hydroxylation is 1. The van der Waals surface area contributed by atoms with Gasteiger partial charge in [0, 0.05) is 22.7 Å². The van der Waals surface area contributed by atoms with E-state index in [0.717, 1.165) is 16.7 Å². The molecule has 1 N–H and O–H groups in total. The van der Waals surface area contributed by atoms with E-state index in [-0.39, 0.29) is 24.2 Å². The number of ether oxygens (including phenoxy) is 2. The van der Waals surface area contributed by atoms with Crippen LogP contribution in [0.15, 0.2) is 51.7 Å². The second kappa shape index (κ2) is 8.82. The van der Waals surface area contributed by atoms with Gasteiger partial charge in [-0.2, -0.15) is 0 Å². The van der Waals surface area contributed by atoms with Gasteiger partial charge in [0.2, 0.25) is 0 Å². The largest absolute Gasteiger partial charge is 0.491 e. The highest BCUT2D eigenvalue weighted by Crippen LogP contribution is 2.24. The van der Waals surface area contributed by atoms with E-state index < -0.39 is 0 Å². The van der Waals surface area contributed by atoms with Gasteiger partial charge in [0.25, 0.3) is 5.91 Å². The first-order valence-corrected chi connectivity index (χ1v) is 9.63. The molecule has 6 nitrogen and oxygen atoms in total. The number of hydrogen-bond donors (Lipinski definition) is 1. The molecule has 1 heterocycles. The smallest absolute Gasteiger partial charge is 0.339 e. The molecule has 0 saturated carbocycles. The molecule has 0 saturated heterocycles. The van der Waals surface area contributed by atoms with Gasteiger partial charge in [-0.3, -0.25) is 4.79 Å². The van der Waals surface area contributed by atoms with Crippen molar-refractivity contribution in [3.05, 3.63) is 64.0 Å². The molecule has 2 aromatic carbocycles.